The van der Waals surface area contributed by atoms with Crippen LogP contribution in [-0.4, -0.2) is 0 Å². The zero-order valence-corrected chi connectivity index (χ0v) is 45.2. The standard InChI is InChI=1S/C70H73N3/c1-67(2,3)54-26-42-63(43-27-54)72(64-44-28-55(29-45-64)68(4,5)6)61-38-22-52(23-39-61)50-18-34-59(35-19-50)71(58-16-14-13-15-17-58)60-36-20-51(21-37-60)53-24-40-62(41-25-53)73(65-46-30-56(31-47-65)69(7,8)9)66-48-32-57(33-49-66)70(10,11)12/h13-49H,1-12H3. The molecular formula is C70H73N3. The number of hydrogen-bond acceptors (Lipinski definition) is 3. The SMILES string of the molecule is CC(C)(C)c1ccc(N(c2ccc(-c3ccc(N(c4ccccc4)c4ccc(-c5ccc(N(c6ccc(C(C)(C)C)cc6)c6ccc(C(C)(C)C)cc6)cc5)cc4)cc3)cc2)c2ccc(C(C)(C)C)cc2)cc1. The van der Waals surface area contributed by atoms with E-state index in [2.05, 4.69) is 322 Å². The lowest BCUT2D eigenvalue weighted by molar-refractivity contribution is 0.590. The number of benzene rings is 9. The molecular weight excluding hydrogens is 883 g/mol. The minimum absolute atomic E-state index is 0.0806. The Hall–Kier alpha value is -7.62. The normalized spacial score (nSPS) is 12.1. The van der Waals surface area contributed by atoms with Gasteiger partial charge in [-0.15, -0.1) is 0 Å². The van der Waals surface area contributed by atoms with Crippen LogP contribution in [0.1, 0.15) is 105 Å². The zero-order chi connectivity index (χ0) is 51.7. The maximum Gasteiger partial charge on any atom is 0.0462 e. The zero-order valence-electron chi connectivity index (χ0n) is 45.2. The maximum atomic E-state index is 2.36. The molecule has 0 fully saturated rings. The van der Waals surface area contributed by atoms with E-state index in [-0.39, 0.29) is 21.7 Å². The van der Waals surface area contributed by atoms with Crippen molar-refractivity contribution in [3.63, 3.8) is 0 Å². The van der Waals surface area contributed by atoms with Crippen molar-refractivity contribution in [2.75, 3.05) is 14.7 Å². The summed E-state index contributed by atoms with van der Waals surface area (Å²) < 4.78 is 0. The predicted molar refractivity (Wildman–Crippen MR) is 316 cm³/mol. The quantitative estimate of drug-likeness (QED) is 0.128. The van der Waals surface area contributed by atoms with Crippen LogP contribution in [0.3, 0.4) is 0 Å². The summed E-state index contributed by atoms with van der Waals surface area (Å²) in [5.74, 6) is 0. The summed E-state index contributed by atoms with van der Waals surface area (Å²) in [6.45, 7) is 27.2. The molecule has 73 heavy (non-hydrogen) atoms. The third-order valence-electron chi connectivity index (χ3n) is 14.1. The summed E-state index contributed by atoms with van der Waals surface area (Å²) in [6.07, 6.45) is 0. The van der Waals surface area contributed by atoms with Gasteiger partial charge in [-0.1, -0.05) is 198 Å². The molecule has 368 valence electrons. The van der Waals surface area contributed by atoms with Crippen LogP contribution in [0.5, 0.6) is 0 Å². The number of nitrogens with zero attached hydrogens (tertiary/aromatic N) is 3. The molecule has 0 heterocycles. The monoisotopic (exact) mass is 956 g/mol. The van der Waals surface area contributed by atoms with Gasteiger partial charge in [0.1, 0.15) is 0 Å². The number of rotatable bonds is 11. The lowest BCUT2D eigenvalue weighted by atomic mass is 9.86. The largest absolute Gasteiger partial charge is 0.311 e. The van der Waals surface area contributed by atoms with Gasteiger partial charge >= 0.3 is 0 Å². The van der Waals surface area contributed by atoms with Crippen molar-refractivity contribution in [3.05, 3.63) is 247 Å². The molecule has 9 rings (SSSR count). The summed E-state index contributed by atoms with van der Waals surface area (Å²) >= 11 is 0. The molecule has 0 aliphatic carbocycles. The average Bonchev–Trinajstić information content (AvgIpc) is 3.37. The van der Waals surface area contributed by atoms with Crippen LogP contribution in [0.15, 0.2) is 224 Å². The van der Waals surface area contributed by atoms with Gasteiger partial charge in [0.2, 0.25) is 0 Å². The molecule has 0 atom stereocenters. The van der Waals surface area contributed by atoms with Gasteiger partial charge in [0.25, 0.3) is 0 Å². The van der Waals surface area contributed by atoms with Crippen LogP contribution < -0.4 is 14.7 Å². The highest BCUT2D eigenvalue weighted by Crippen LogP contribution is 2.42. The van der Waals surface area contributed by atoms with Crippen molar-refractivity contribution in [2.24, 2.45) is 0 Å². The minimum Gasteiger partial charge on any atom is -0.311 e. The molecule has 0 amide bonds. The van der Waals surface area contributed by atoms with Crippen molar-refractivity contribution in [1.29, 1.82) is 0 Å². The molecule has 0 aliphatic rings. The summed E-state index contributed by atoms with van der Waals surface area (Å²) in [6, 6.07) is 82.7. The second-order valence-corrected chi connectivity index (χ2v) is 23.7. The summed E-state index contributed by atoms with van der Waals surface area (Å²) in [5, 5.41) is 0. The van der Waals surface area contributed by atoms with E-state index in [4.69, 9.17) is 0 Å². The highest BCUT2D eigenvalue weighted by molar-refractivity contribution is 5.83. The van der Waals surface area contributed by atoms with Crippen LogP contribution in [-0.2, 0) is 21.7 Å². The fourth-order valence-corrected chi connectivity index (χ4v) is 9.57. The Morgan fingerprint density at radius 3 is 0.493 bits per heavy atom. The highest BCUT2D eigenvalue weighted by Gasteiger charge is 2.22. The summed E-state index contributed by atoms with van der Waals surface area (Å²) in [4.78, 5) is 7.06. The molecule has 0 spiro atoms. The van der Waals surface area contributed by atoms with Crippen molar-refractivity contribution >= 4 is 51.2 Å². The number of anilines is 9. The van der Waals surface area contributed by atoms with Gasteiger partial charge in [0, 0.05) is 51.2 Å². The third-order valence-corrected chi connectivity index (χ3v) is 14.1. The Morgan fingerprint density at radius 2 is 0.329 bits per heavy atom. The Bertz CT molecular complexity index is 2890. The van der Waals surface area contributed by atoms with E-state index in [1.54, 1.807) is 0 Å². The average molecular weight is 956 g/mol. The van der Waals surface area contributed by atoms with Gasteiger partial charge < -0.3 is 14.7 Å². The molecule has 0 unspecified atom stereocenters. The Labute approximate surface area is 437 Å². The van der Waals surface area contributed by atoms with Crippen molar-refractivity contribution in [3.8, 4) is 22.3 Å². The maximum absolute atomic E-state index is 2.36. The van der Waals surface area contributed by atoms with Crippen LogP contribution in [0.25, 0.3) is 22.3 Å². The minimum atomic E-state index is 0.0806. The smallest absolute Gasteiger partial charge is 0.0462 e. The third kappa shape index (κ3) is 11.4. The van der Waals surface area contributed by atoms with Gasteiger partial charge in [-0.2, -0.15) is 0 Å². The fraction of sp³-hybridized carbons (Fsp3) is 0.229. The van der Waals surface area contributed by atoms with Crippen molar-refractivity contribution in [2.45, 2.75) is 105 Å². The van der Waals surface area contributed by atoms with Crippen LogP contribution in [0.4, 0.5) is 51.2 Å². The molecule has 0 bridgehead atoms. The van der Waals surface area contributed by atoms with Gasteiger partial charge in [-0.05, 0) is 175 Å². The molecule has 0 N–H and O–H groups in total. The Morgan fingerprint density at radius 1 is 0.178 bits per heavy atom. The first-order chi connectivity index (χ1) is 34.7. The van der Waals surface area contributed by atoms with Crippen LogP contribution >= 0.6 is 0 Å². The molecule has 0 saturated carbocycles. The second-order valence-electron chi connectivity index (χ2n) is 23.7. The molecule has 0 saturated heterocycles. The summed E-state index contributed by atoms with van der Waals surface area (Å²) in [7, 11) is 0. The fourth-order valence-electron chi connectivity index (χ4n) is 9.57. The number of para-hydroxylation sites is 1. The lowest BCUT2D eigenvalue weighted by Gasteiger charge is -2.28. The molecule has 0 radical (unpaired) electrons. The first kappa shape index (κ1) is 50.3. The molecule has 0 aromatic heterocycles. The number of hydrogen-bond donors (Lipinski definition) is 0. The van der Waals surface area contributed by atoms with E-state index in [1.807, 2.05) is 0 Å². The molecule has 9 aromatic rings. The summed E-state index contributed by atoms with van der Waals surface area (Å²) in [5.41, 5.74) is 20.4. The predicted octanol–water partition coefficient (Wildman–Crippen LogP) is 20.6. The first-order valence-electron chi connectivity index (χ1n) is 26.0. The van der Waals surface area contributed by atoms with Crippen LogP contribution in [0.2, 0.25) is 0 Å². The van der Waals surface area contributed by atoms with E-state index in [0.29, 0.717) is 0 Å². The highest BCUT2D eigenvalue weighted by atomic mass is 15.2. The van der Waals surface area contributed by atoms with Gasteiger partial charge in [-0.3, -0.25) is 0 Å². The van der Waals surface area contributed by atoms with E-state index in [9.17, 15) is 0 Å². The van der Waals surface area contributed by atoms with E-state index >= 15 is 0 Å². The molecule has 0 aliphatic heterocycles. The lowest BCUT2D eigenvalue weighted by Crippen LogP contribution is -2.14. The van der Waals surface area contributed by atoms with E-state index in [1.165, 1.54) is 44.5 Å². The topological polar surface area (TPSA) is 9.72 Å². The van der Waals surface area contributed by atoms with E-state index < -0.39 is 0 Å². The Balaban J connectivity index is 0.972. The van der Waals surface area contributed by atoms with Gasteiger partial charge in [0.05, 0.1) is 0 Å². The molecule has 3 heteroatoms. The molecule has 3 nitrogen and oxygen atoms in total. The van der Waals surface area contributed by atoms with Gasteiger partial charge in [0.15, 0.2) is 0 Å². The van der Waals surface area contributed by atoms with Gasteiger partial charge in [-0.25, -0.2) is 0 Å². The Kier molecular flexibility index (Phi) is 13.9. The van der Waals surface area contributed by atoms with Crippen molar-refractivity contribution < 1.29 is 0 Å². The first-order valence-corrected chi connectivity index (χ1v) is 26.0. The second kappa shape index (κ2) is 20.1. The van der Waals surface area contributed by atoms with E-state index in [0.717, 1.165) is 51.2 Å². The molecule has 9 aromatic carbocycles. The van der Waals surface area contributed by atoms with Crippen LogP contribution in [0, 0.1) is 0 Å². The van der Waals surface area contributed by atoms with Crippen molar-refractivity contribution in [1.82, 2.24) is 0 Å².